The summed E-state index contributed by atoms with van der Waals surface area (Å²) in [7, 11) is 1.75. The van der Waals surface area contributed by atoms with E-state index in [1.54, 1.807) is 20.2 Å². The van der Waals surface area contributed by atoms with Crippen molar-refractivity contribution in [3.05, 3.63) is 42.1 Å². The van der Waals surface area contributed by atoms with Gasteiger partial charge in [-0.3, -0.25) is 0 Å². The second kappa shape index (κ2) is 5.86. The minimum absolute atomic E-state index is 0.307. The Morgan fingerprint density at radius 1 is 1.40 bits per heavy atom. The van der Waals surface area contributed by atoms with Gasteiger partial charge in [0.05, 0.1) is 12.2 Å². The molecule has 0 bridgehead atoms. The van der Waals surface area contributed by atoms with Crippen molar-refractivity contribution in [3.63, 3.8) is 0 Å². The van der Waals surface area contributed by atoms with E-state index in [1.165, 1.54) is 0 Å². The highest BCUT2D eigenvalue weighted by molar-refractivity contribution is 6.16. The van der Waals surface area contributed by atoms with Crippen LogP contribution in [-0.2, 0) is 9.53 Å². The second-order valence-corrected chi connectivity index (χ2v) is 2.93. The monoisotopic (exact) mass is 205 g/mol. The quantitative estimate of drug-likeness (QED) is 0.601. The SMILES string of the molecule is CCOC(=O)/C(=C/NC)c1ccccc1. The van der Waals surface area contributed by atoms with Gasteiger partial charge in [-0.1, -0.05) is 30.3 Å². The summed E-state index contributed by atoms with van der Waals surface area (Å²) >= 11 is 0. The molecule has 80 valence electrons. The van der Waals surface area contributed by atoms with Crippen molar-refractivity contribution in [1.82, 2.24) is 5.32 Å². The zero-order valence-corrected chi connectivity index (χ0v) is 8.99. The normalized spacial score (nSPS) is 10.9. The Morgan fingerprint density at radius 3 is 2.60 bits per heavy atom. The van der Waals surface area contributed by atoms with Crippen molar-refractivity contribution in [2.45, 2.75) is 6.92 Å². The molecule has 1 aromatic carbocycles. The molecule has 0 atom stereocenters. The van der Waals surface area contributed by atoms with Crippen LogP contribution >= 0.6 is 0 Å². The maximum Gasteiger partial charge on any atom is 0.340 e. The highest BCUT2D eigenvalue weighted by Crippen LogP contribution is 2.14. The van der Waals surface area contributed by atoms with Crippen LogP contribution in [0.25, 0.3) is 5.57 Å². The number of ether oxygens (including phenoxy) is 1. The lowest BCUT2D eigenvalue weighted by atomic mass is 10.1. The minimum atomic E-state index is -0.307. The maximum atomic E-state index is 11.6. The van der Waals surface area contributed by atoms with E-state index < -0.39 is 0 Å². The topological polar surface area (TPSA) is 38.3 Å². The van der Waals surface area contributed by atoms with Crippen molar-refractivity contribution >= 4 is 11.5 Å². The molecule has 0 saturated carbocycles. The standard InChI is InChI=1S/C12H15NO2/c1-3-15-12(14)11(9-13-2)10-7-5-4-6-8-10/h4-9,13H,3H2,1-2H3/b11-9+. The summed E-state index contributed by atoms with van der Waals surface area (Å²) in [4.78, 5) is 11.6. The molecule has 3 heteroatoms. The number of carbonyl (C=O) groups excluding carboxylic acids is 1. The van der Waals surface area contributed by atoms with Crippen LogP contribution in [0.2, 0.25) is 0 Å². The highest BCUT2D eigenvalue weighted by Gasteiger charge is 2.11. The van der Waals surface area contributed by atoms with E-state index in [9.17, 15) is 4.79 Å². The first-order valence-corrected chi connectivity index (χ1v) is 4.89. The molecular weight excluding hydrogens is 190 g/mol. The van der Waals surface area contributed by atoms with E-state index in [0.717, 1.165) is 5.56 Å². The zero-order valence-electron chi connectivity index (χ0n) is 8.99. The van der Waals surface area contributed by atoms with Gasteiger partial charge in [-0.15, -0.1) is 0 Å². The molecule has 0 unspecified atom stereocenters. The lowest BCUT2D eigenvalue weighted by Crippen LogP contribution is -2.09. The zero-order chi connectivity index (χ0) is 11.1. The van der Waals surface area contributed by atoms with Gasteiger partial charge in [0.2, 0.25) is 0 Å². The third-order valence-corrected chi connectivity index (χ3v) is 1.87. The fraction of sp³-hybridized carbons (Fsp3) is 0.250. The van der Waals surface area contributed by atoms with E-state index in [0.29, 0.717) is 12.2 Å². The van der Waals surface area contributed by atoms with Crippen molar-refractivity contribution in [2.24, 2.45) is 0 Å². The Bertz CT molecular complexity index is 344. The van der Waals surface area contributed by atoms with Gasteiger partial charge in [0.25, 0.3) is 0 Å². The molecule has 1 N–H and O–H groups in total. The van der Waals surface area contributed by atoms with Gasteiger partial charge in [0.1, 0.15) is 0 Å². The minimum Gasteiger partial charge on any atom is -0.462 e. The number of esters is 1. The van der Waals surface area contributed by atoms with E-state index in [4.69, 9.17) is 4.74 Å². The molecule has 1 rings (SSSR count). The molecule has 0 fully saturated rings. The molecule has 15 heavy (non-hydrogen) atoms. The highest BCUT2D eigenvalue weighted by atomic mass is 16.5. The van der Waals surface area contributed by atoms with Crippen molar-refractivity contribution in [1.29, 1.82) is 0 Å². The molecule has 0 saturated heterocycles. The van der Waals surface area contributed by atoms with Crippen LogP contribution in [-0.4, -0.2) is 19.6 Å². The Balaban J connectivity index is 2.94. The Labute approximate surface area is 89.8 Å². The Hall–Kier alpha value is -1.77. The van der Waals surface area contributed by atoms with Gasteiger partial charge in [-0.05, 0) is 12.5 Å². The van der Waals surface area contributed by atoms with E-state index >= 15 is 0 Å². The number of carbonyl (C=O) groups is 1. The fourth-order valence-corrected chi connectivity index (χ4v) is 1.23. The lowest BCUT2D eigenvalue weighted by Gasteiger charge is -2.06. The molecule has 0 aliphatic heterocycles. The summed E-state index contributed by atoms with van der Waals surface area (Å²) in [5.41, 5.74) is 1.39. The smallest absolute Gasteiger partial charge is 0.340 e. The molecule has 1 aromatic rings. The summed E-state index contributed by atoms with van der Waals surface area (Å²) in [6, 6.07) is 9.43. The molecule has 0 aliphatic carbocycles. The molecule has 0 aliphatic rings. The fourth-order valence-electron chi connectivity index (χ4n) is 1.23. The van der Waals surface area contributed by atoms with Gasteiger partial charge in [-0.2, -0.15) is 0 Å². The molecular formula is C12H15NO2. The van der Waals surface area contributed by atoms with Crippen LogP contribution in [0.15, 0.2) is 36.5 Å². The molecule has 0 heterocycles. The van der Waals surface area contributed by atoms with E-state index in [-0.39, 0.29) is 5.97 Å². The number of rotatable bonds is 4. The number of hydrogen-bond acceptors (Lipinski definition) is 3. The predicted octanol–water partition coefficient (Wildman–Crippen LogP) is 1.81. The molecule has 0 amide bonds. The number of hydrogen-bond donors (Lipinski definition) is 1. The van der Waals surface area contributed by atoms with Crippen LogP contribution in [0.3, 0.4) is 0 Å². The third kappa shape index (κ3) is 3.13. The van der Waals surface area contributed by atoms with Crippen LogP contribution in [0.5, 0.6) is 0 Å². The second-order valence-electron chi connectivity index (χ2n) is 2.93. The summed E-state index contributed by atoms with van der Waals surface area (Å²) < 4.78 is 4.96. The largest absolute Gasteiger partial charge is 0.462 e. The average Bonchev–Trinajstić information content (AvgIpc) is 2.27. The average molecular weight is 205 g/mol. The van der Waals surface area contributed by atoms with Crippen molar-refractivity contribution in [3.8, 4) is 0 Å². The summed E-state index contributed by atoms with van der Waals surface area (Å²) in [5, 5.41) is 2.84. The van der Waals surface area contributed by atoms with Gasteiger partial charge in [0, 0.05) is 13.2 Å². The first kappa shape index (κ1) is 11.3. The molecule has 0 radical (unpaired) electrons. The number of nitrogens with one attached hydrogen (secondary N) is 1. The summed E-state index contributed by atoms with van der Waals surface area (Å²) in [6.45, 7) is 2.17. The molecule has 0 spiro atoms. The summed E-state index contributed by atoms with van der Waals surface area (Å²) in [6.07, 6.45) is 1.65. The van der Waals surface area contributed by atoms with E-state index in [2.05, 4.69) is 5.32 Å². The van der Waals surface area contributed by atoms with Crippen LogP contribution in [0.4, 0.5) is 0 Å². The van der Waals surface area contributed by atoms with Gasteiger partial charge >= 0.3 is 5.97 Å². The maximum absolute atomic E-state index is 11.6. The Kier molecular flexibility index (Phi) is 4.41. The van der Waals surface area contributed by atoms with Gasteiger partial charge in [-0.25, -0.2) is 4.79 Å². The van der Waals surface area contributed by atoms with Gasteiger partial charge in [0.15, 0.2) is 0 Å². The van der Waals surface area contributed by atoms with Gasteiger partial charge < -0.3 is 10.1 Å². The van der Waals surface area contributed by atoms with E-state index in [1.807, 2.05) is 30.3 Å². The summed E-state index contributed by atoms with van der Waals surface area (Å²) in [5.74, 6) is -0.307. The van der Waals surface area contributed by atoms with Crippen LogP contribution in [0, 0.1) is 0 Å². The predicted molar refractivity (Wildman–Crippen MR) is 60.1 cm³/mol. The van der Waals surface area contributed by atoms with Crippen molar-refractivity contribution in [2.75, 3.05) is 13.7 Å². The van der Waals surface area contributed by atoms with Crippen LogP contribution < -0.4 is 5.32 Å². The number of benzene rings is 1. The first-order chi connectivity index (χ1) is 7.29. The first-order valence-electron chi connectivity index (χ1n) is 4.89. The Morgan fingerprint density at radius 2 is 2.07 bits per heavy atom. The molecule has 3 nitrogen and oxygen atoms in total. The van der Waals surface area contributed by atoms with Crippen LogP contribution in [0.1, 0.15) is 12.5 Å². The molecule has 0 aromatic heterocycles. The third-order valence-electron chi connectivity index (χ3n) is 1.87. The lowest BCUT2D eigenvalue weighted by molar-refractivity contribution is -0.136. The van der Waals surface area contributed by atoms with Crippen molar-refractivity contribution < 1.29 is 9.53 Å².